The maximum atomic E-state index is 12.8. The average Bonchev–Trinajstić information content (AvgIpc) is 3.04. The normalized spacial score (nSPS) is 18.6. The molecule has 1 atom stereocenters. The molecule has 0 aliphatic carbocycles. The number of benzene rings is 2. The van der Waals surface area contributed by atoms with Crippen LogP contribution in [-0.2, 0) is 6.42 Å². The number of carbonyl (C=O) groups is 1. The summed E-state index contributed by atoms with van der Waals surface area (Å²) in [6.07, 6.45) is 1.45. The first kappa shape index (κ1) is 23.9. The van der Waals surface area contributed by atoms with Gasteiger partial charge in [0.15, 0.2) is 11.5 Å². The van der Waals surface area contributed by atoms with E-state index in [0.29, 0.717) is 17.9 Å². The molecular formula is C26H35N5O3. The molecule has 1 fully saturated rings. The Hall–Kier alpha value is -3.26. The SMILES string of the molecule is CC[C@H]1Cc2cc(OC)c(OC)cc2C(c2ccc(N3CCN(C)CC3)cc2)=NN1C(=O)NC. The number of hydrazone groups is 1. The molecule has 2 aliphatic heterocycles. The van der Waals surface area contributed by atoms with Crippen molar-refractivity contribution in [1.29, 1.82) is 0 Å². The third-order valence-electron chi connectivity index (χ3n) is 6.78. The number of ether oxygens (including phenoxy) is 2. The van der Waals surface area contributed by atoms with Crippen molar-refractivity contribution in [2.24, 2.45) is 5.10 Å². The van der Waals surface area contributed by atoms with Crippen LogP contribution in [0.25, 0.3) is 0 Å². The Bertz CT molecular complexity index is 1050. The van der Waals surface area contributed by atoms with E-state index >= 15 is 0 Å². The van der Waals surface area contributed by atoms with Crippen LogP contribution in [0.2, 0.25) is 0 Å². The van der Waals surface area contributed by atoms with Gasteiger partial charge in [-0.2, -0.15) is 5.10 Å². The number of methoxy groups -OCH3 is 2. The molecule has 0 saturated carbocycles. The van der Waals surface area contributed by atoms with Gasteiger partial charge in [0.05, 0.1) is 26.0 Å². The first-order chi connectivity index (χ1) is 16.5. The van der Waals surface area contributed by atoms with Crippen LogP contribution in [0.15, 0.2) is 41.5 Å². The zero-order valence-corrected chi connectivity index (χ0v) is 20.8. The molecule has 1 N–H and O–H groups in total. The van der Waals surface area contributed by atoms with Crippen molar-refractivity contribution in [2.75, 3.05) is 59.4 Å². The van der Waals surface area contributed by atoms with Crippen molar-refractivity contribution in [1.82, 2.24) is 15.2 Å². The van der Waals surface area contributed by atoms with E-state index in [1.165, 1.54) is 5.69 Å². The van der Waals surface area contributed by atoms with Crippen LogP contribution >= 0.6 is 0 Å². The minimum absolute atomic E-state index is 0.0705. The number of hydrogen-bond donors (Lipinski definition) is 1. The van der Waals surface area contributed by atoms with E-state index in [2.05, 4.69) is 53.4 Å². The Kier molecular flexibility index (Phi) is 7.26. The summed E-state index contributed by atoms with van der Waals surface area (Å²) in [5.74, 6) is 1.32. The van der Waals surface area contributed by atoms with E-state index < -0.39 is 0 Å². The summed E-state index contributed by atoms with van der Waals surface area (Å²) >= 11 is 0. The van der Waals surface area contributed by atoms with Crippen LogP contribution in [0.4, 0.5) is 10.5 Å². The molecule has 0 unspecified atom stereocenters. The van der Waals surface area contributed by atoms with Crippen LogP contribution in [-0.4, -0.2) is 82.2 Å². The highest BCUT2D eigenvalue weighted by molar-refractivity contribution is 6.14. The minimum atomic E-state index is -0.217. The maximum absolute atomic E-state index is 12.8. The van der Waals surface area contributed by atoms with E-state index in [0.717, 1.165) is 55.0 Å². The highest BCUT2D eigenvalue weighted by atomic mass is 16.5. The number of amides is 2. The summed E-state index contributed by atoms with van der Waals surface area (Å²) in [7, 11) is 7.07. The third kappa shape index (κ3) is 4.68. The number of piperazine rings is 1. The van der Waals surface area contributed by atoms with Gasteiger partial charge in [0, 0.05) is 50.0 Å². The van der Waals surface area contributed by atoms with E-state index in [1.54, 1.807) is 26.3 Å². The average molecular weight is 466 g/mol. The van der Waals surface area contributed by atoms with Crippen molar-refractivity contribution in [3.63, 3.8) is 0 Å². The smallest absolute Gasteiger partial charge is 0.337 e. The van der Waals surface area contributed by atoms with Gasteiger partial charge in [-0.15, -0.1) is 0 Å². The molecule has 0 radical (unpaired) electrons. The lowest BCUT2D eigenvalue weighted by Crippen LogP contribution is -2.44. The standard InChI is InChI=1S/C26H35N5O3/c1-6-20-15-19-16-23(33-4)24(34-5)17-22(19)25(28-31(20)26(32)27-2)18-7-9-21(10-8-18)30-13-11-29(3)12-14-30/h7-10,16-17,20H,6,11-15H2,1-5H3,(H,27,32)/t20-/m0/s1. The molecule has 4 rings (SSSR count). The van der Waals surface area contributed by atoms with Gasteiger partial charge in [-0.25, -0.2) is 9.80 Å². The number of carbonyl (C=O) groups excluding carboxylic acids is 1. The molecule has 2 aliphatic rings. The van der Waals surface area contributed by atoms with Crippen molar-refractivity contribution in [3.05, 3.63) is 53.1 Å². The van der Waals surface area contributed by atoms with Gasteiger partial charge in [-0.1, -0.05) is 19.1 Å². The van der Waals surface area contributed by atoms with Crippen LogP contribution in [0.3, 0.4) is 0 Å². The zero-order valence-electron chi connectivity index (χ0n) is 20.8. The topological polar surface area (TPSA) is 69.6 Å². The maximum Gasteiger partial charge on any atom is 0.337 e. The molecule has 182 valence electrons. The van der Waals surface area contributed by atoms with Crippen LogP contribution in [0.1, 0.15) is 30.0 Å². The molecule has 2 heterocycles. The fraction of sp³-hybridized carbons (Fsp3) is 0.462. The van der Waals surface area contributed by atoms with Gasteiger partial charge in [-0.05, 0) is 49.7 Å². The molecule has 2 aromatic carbocycles. The molecule has 1 saturated heterocycles. The predicted octanol–water partition coefficient (Wildman–Crippen LogP) is 3.18. The first-order valence-electron chi connectivity index (χ1n) is 11.9. The highest BCUT2D eigenvalue weighted by Crippen LogP contribution is 2.35. The molecule has 0 bridgehead atoms. The van der Waals surface area contributed by atoms with E-state index in [9.17, 15) is 4.79 Å². The van der Waals surface area contributed by atoms with Crippen LogP contribution in [0.5, 0.6) is 11.5 Å². The van der Waals surface area contributed by atoms with E-state index in [4.69, 9.17) is 14.6 Å². The Balaban J connectivity index is 1.79. The summed E-state index contributed by atoms with van der Waals surface area (Å²) < 4.78 is 11.2. The van der Waals surface area contributed by atoms with Crippen molar-refractivity contribution in [3.8, 4) is 11.5 Å². The number of urea groups is 1. The molecule has 2 amide bonds. The first-order valence-corrected chi connectivity index (χ1v) is 11.9. The summed E-state index contributed by atoms with van der Waals surface area (Å²) in [6.45, 7) is 6.22. The number of likely N-dealkylation sites (N-methyl/N-ethyl adjacent to an activating group) is 1. The lowest BCUT2D eigenvalue weighted by molar-refractivity contribution is 0.177. The minimum Gasteiger partial charge on any atom is -0.493 e. The van der Waals surface area contributed by atoms with Gasteiger partial charge < -0.3 is 24.6 Å². The summed E-state index contributed by atoms with van der Waals surface area (Å²) in [5.41, 5.74) is 4.94. The van der Waals surface area contributed by atoms with E-state index in [1.807, 2.05) is 12.1 Å². The molecule has 0 aromatic heterocycles. The lowest BCUT2D eigenvalue weighted by atomic mass is 9.93. The molecule has 2 aromatic rings. The lowest BCUT2D eigenvalue weighted by Gasteiger charge is -2.34. The van der Waals surface area contributed by atoms with Crippen molar-refractivity contribution >= 4 is 17.4 Å². The van der Waals surface area contributed by atoms with Gasteiger partial charge in [0.2, 0.25) is 0 Å². The molecule has 0 spiro atoms. The second kappa shape index (κ2) is 10.3. The van der Waals surface area contributed by atoms with Gasteiger partial charge in [-0.3, -0.25) is 0 Å². The van der Waals surface area contributed by atoms with Crippen molar-refractivity contribution < 1.29 is 14.3 Å². The Morgan fingerprint density at radius 1 is 1.06 bits per heavy atom. The molecular weight excluding hydrogens is 430 g/mol. The predicted molar refractivity (Wildman–Crippen MR) is 135 cm³/mol. The van der Waals surface area contributed by atoms with E-state index in [-0.39, 0.29) is 12.1 Å². The number of anilines is 1. The fourth-order valence-electron chi connectivity index (χ4n) is 4.65. The highest BCUT2D eigenvalue weighted by Gasteiger charge is 2.30. The summed E-state index contributed by atoms with van der Waals surface area (Å²) in [5, 5.41) is 9.25. The van der Waals surface area contributed by atoms with Gasteiger partial charge in [0.1, 0.15) is 0 Å². The summed E-state index contributed by atoms with van der Waals surface area (Å²) in [4.78, 5) is 17.6. The van der Waals surface area contributed by atoms with Gasteiger partial charge in [0.25, 0.3) is 0 Å². The number of rotatable bonds is 5. The fourth-order valence-corrected chi connectivity index (χ4v) is 4.65. The number of hydrogen-bond acceptors (Lipinski definition) is 6. The number of fused-ring (bicyclic) bond motifs is 1. The largest absolute Gasteiger partial charge is 0.493 e. The quantitative estimate of drug-likeness (QED) is 0.735. The second-order valence-electron chi connectivity index (χ2n) is 8.82. The summed E-state index contributed by atoms with van der Waals surface area (Å²) in [6, 6.07) is 12.2. The van der Waals surface area contributed by atoms with Crippen LogP contribution < -0.4 is 19.7 Å². The Labute approximate surface area is 202 Å². The Morgan fingerprint density at radius 3 is 2.29 bits per heavy atom. The van der Waals surface area contributed by atoms with Gasteiger partial charge >= 0.3 is 6.03 Å². The number of nitrogens with zero attached hydrogens (tertiary/aromatic N) is 4. The van der Waals surface area contributed by atoms with Crippen molar-refractivity contribution in [2.45, 2.75) is 25.8 Å². The second-order valence-corrected chi connectivity index (χ2v) is 8.82. The molecule has 34 heavy (non-hydrogen) atoms. The number of nitrogens with one attached hydrogen (secondary N) is 1. The van der Waals surface area contributed by atoms with Crippen LogP contribution in [0, 0.1) is 0 Å². The zero-order chi connectivity index (χ0) is 24.2. The molecule has 8 nitrogen and oxygen atoms in total. The monoisotopic (exact) mass is 465 g/mol. The molecule has 8 heteroatoms. The third-order valence-corrected chi connectivity index (χ3v) is 6.78. The Morgan fingerprint density at radius 2 is 1.71 bits per heavy atom.